The number of methoxy groups -OCH3 is 2. The molecule has 1 heterocycles. The molecule has 0 atom stereocenters. The first-order chi connectivity index (χ1) is 9.71. The van der Waals surface area contributed by atoms with Crippen LogP contribution in [-0.4, -0.2) is 38.5 Å². The predicted molar refractivity (Wildman–Crippen MR) is 80.0 cm³/mol. The first-order valence-corrected chi connectivity index (χ1v) is 6.84. The number of benzene rings is 1. The van der Waals surface area contributed by atoms with Crippen molar-refractivity contribution in [2.45, 2.75) is 38.9 Å². The molecule has 1 aliphatic rings. The summed E-state index contributed by atoms with van der Waals surface area (Å²) in [6.07, 6.45) is 0. The van der Waals surface area contributed by atoms with Crippen LogP contribution in [0.1, 0.15) is 38.1 Å². The monoisotopic (exact) mass is 292 g/mol. The topological polar surface area (TPSA) is 54.0 Å². The van der Waals surface area contributed by atoms with E-state index in [1.54, 1.807) is 25.3 Å². The maximum atomic E-state index is 11.9. The van der Waals surface area contributed by atoms with Crippen LogP contribution in [0, 0.1) is 0 Å². The smallest absolute Gasteiger partial charge is 0.495 e. The van der Waals surface area contributed by atoms with Gasteiger partial charge in [-0.2, -0.15) is 0 Å². The number of rotatable bonds is 3. The molecule has 0 N–H and O–H groups in total. The van der Waals surface area contributed by atoms with Crippen LogP contribution < -0.4 is 10.2 Å². The van der Waals surface area contributed by atoms with Gasteiger partial charge < -0.3 is 18.8 Å². The highest BCUT2D eigenvalue weighted by molar-refractivity contribution is 6.63. The van der Waals surface area contributed by atoms with Gasteiger partial charge in [-0.1, -0.05) is 0 Å². The molecule has 2 rings (SSSR count). The standard InChI is InChI=1S/C15H21BO5/c1-14(2)15(3,4)21-16(20-14)12-9-10(18-5)7-8-11(12)13(17)19-6/h7-9H,1-6H3. The van der Waals surface area contributed by atoms with E-state index in [2.05, 4.69) is 0 Å². The Balaban J connectivity index is 2.45. The molecule has 1 aromatic rings. The Morgan fingerprint density at radius 1 is 1.10 bits per heavy atom. The van der Waals surface area contributed by atoms with Gasteiger partial charge in [-0.3, -0.25) is 0 Å². The first-order valence-electron chi connectivity index (χ1n) is 6.84. The van der Waals surface area contributed by atoms with E-state index in [-0.39, 0.29) is 0 Å². The van der Waals surface area contributed by atoms with Gasteiger partial charge in [-0.15, -0.1) is 0 Å². The zero-order chi connectivity index (χ0) is 15.8. The van der Waals surface area contributed by atoms with Crippen LogP contribution in [0.15, 0.2) is 18.2 Å². The van der Waals surface area contributed by atoms with Crippen LogP contribution >= 0.6 is 0 Å². The Labute approximate surface area is 125 Å². The highest BCUT2D eigenvalue weighted by Gasteiger charge is 2.52. The average Bonchev–Trinajstić information content (AvgIpc) is 2.66. The molecule has 1 aromatic carbocycles. The van der Waals surface area contributed by atoms with Crippen LogP contribution in [0.2, 0.25) is 0 Å². The molecule has 5 nitrogen and oxygen atoms in total. The molecule has 0 aromatic heterocycles. The van der Waals surface area contributed by atoms with Crippen LogP contribution in [0.25, 0.3) is 0 Å². The zero-order valence-corrected chi connectivity index (χ0v) is 13.4. The van der Waals surface area contributed by atoms with Gasteiger partial charge in [0.2, 0.25) is 0 Å². The lowest BCUT2D eigenvalue weighted by atomic mass is 9.75. The van der Waals surface area contributed by atoms with Crippen LogP contribution in [-0.2, 0) is 14.0 Å². The van der Waals surface area contributed by atoms with Crippen LogP contribution in [0.3, 0.4) is 0 Å². The van der Waals surface area contributed by atoms with Crippen molar-refractivity contribution in [3.8, 4) is 5.75 Å². The quantitative estimate of drug-likeness (QED) is 0.628. The molecule has 0 spiro atoms. The van der Waals surface area contributed by atoms with E-state index in [1.807, 2.05) is 27.7 Å². The molecular formula is C15H21BO5. The van der Waals surface area contributed by atoms with Crippen molar-refractivity contribution in [1.29, 1.82) is 0 Å². The summed E-state index contributed by atoms with van der Waals surface area (Å²) in [4.78, 5) is 11.9. The van der Waals surface area contributed by atoms with Gasteiger partial charge in [0.15, 0.2) is 0 Å². The van der Waals surface area contributed by atoms with E-state index < -0.39 is 24.3 Å². The Hall–Kier alpha value is -1.53. The summed E-state index contributed by atoms with van der Waals surface area (Å²) < 4.78 is 22.0. The number of hydrogen-bond acceptors (Lipinski definition) is 5. The minimum absolute atomic E-state index is 0.414. The molecule has 6 heteroatoms. The molecule has 0 saturated carbocycles. The van der Waals surface area contributed by atoms with Gasteiger partial charge in [-0.05, 0) is 45.9 Å². The van der Waals surface area contributed by atoms with E-state index in [1.165, 1.54) is 7.11 Å². The largest absolute Gasteiger partial charge is 0.497 e. The van der Waals surface area contributed by atoms with Crippen molar-refractivity contribution >= 4 is 18.6 Å². The van der Waals surface area contributed by atoms with Gasteiger partial charge in [0, 0.05) is 5.46 Å². The number of carbonyl (C=O) groups is 1. The van der Waals surface area contributed by atoms with E-state index in [0.717, 1.165) is 0 Å². The first kappa shape index (κ1) is 15.9. The number of carbonyl (C=O) groups excluding carboxylic acids is 1. The van der Waals surface area contributed by atoms with E-state index in [4.69, 9.17) is 18.8 Å². The minimum Gasteiger partial charge on any atom is -0.497 e. The Kier molecular flexibility index (Phi) is 4.04. The minimum atomic E-state index is -0.640. The summed E-state index contributed by atoms with van der Waals surface area (Å²) in [5.41, 5.74) is 0.0686. The van der Waals surface area contributed by atoms with Crippen molar-refractivity contribution in [2.24, 2.45) is 0 Å². The fourth-order valence-electron chi connectivity index (χ4n) is 2.13. The lowest BCUT2D eigenvalue weighted by molar-refractivity contribution is 0.00578. The highest BCUT2D eigenvalue weighted by atomic mass is 16.7. The van der Waals surface area contributed by atoms with Crippen molar-refractivity contribution < 1.29 is 23.6 Å². The molecule has 0 aliphatic carbocycles. The van der Waals surface area contributed by atoms with E-state index in [9.17, 15) is 4.79 Å². The summed E-state index contributed by atoms with van der Waals surface area (Å²) in [5.74, 6) is 0.203. The van der Waals surface area contributed by atoms with Gasteiger partial charge >= 0.3 is 13.1 Å². The lowest BCUT2D eigenvalue weighted by Crippen LogP contribution is -2.41. The van der Waals surface area contributed by atoms with Gasteiger partial charge in [0.05, 0.1) is 31.0 Å². The normalized spacial score (nSPS) is 19.4. The third-order valence-corrected chi connectivity index (χ3v) is 4.17. The molecule has 1 saturated heterocycles. The molecule has 21 heavy (non-hydrogen) atoms. The number of esters is 1. The van der Waals surface area contributed by atoms with Crippen LogP contribution in [0.5, 0.6) is 5.75 Å². The molecule has 0 radical (unpaired) electrons. The Bertz CT molecular complexity index is 537. The van der Waals surface area contributed by atoms with Gasteiger partial charge in [-0.25, -0.2) is 4.79 Å². The lowest BCUT2D eigenvalue weighted by Gasteiger charge is -2.32. The molecule has 1 fully saturated rings. The van der Waals surface area contributed by atoms with Gasteiger partial charge in [0.25, 0.3) is 0 Å². The van der Waals surface area contributed by atoms with Gasteiger partial charge in [0.1, 0.15) is 5.75 Å². The second-order valence-corrected chi connectivity index (χ2v) is 6.03. The molecule has 0 unspecified atom stereocenters. The zero-order valence-electron chi connectivity index (χ0n) is 13.4. The molecule has 0 bridgehead atoms. The summed E-state index contributed by atoms with van der Waals surface area (Å²) >= 11 is 0. The summed E-state index contributed by atoms with van der Waals surface area (Å²) in [6, 6.07) is 5.11. The summed E-state index contributed by atoms with van der Waals surface area (Å²) in [6.45, 7) is 7.85. The Morgan fingerprint density at radius 3 is 2.14 bits per heavy atom. The van der Waals surface area contributed by atoms with E-state index >= 15 is 0 Å². The van der Waals surface area contributed by atoms with Crippen molar-refractivity contribution in [3.05, 3.63) is 23.8 Å². The van der Waals surface area contributed by atoms with Crippen molar-refractivity contribution in [1.82, 2.24) is 0 Å². The van der Waals surface area contributed by atoms with E-state index in [0.29, 0.717) is 16.8 Å². The Morgan fingerprint density at radius 2 is 1.67 bits per heavy atom. The van der Waals surface area contributed by atoms with Crippen molar-refractivity contribution in [3.63, 3.8) is 0 Å². The average molecular weight is 292 g/mol. The fraction of sp³-hybridized carbons (Fsp3) is 0.533. The molecule has 0 amide bonds. The maximum Gasteiger partial charge on any atom is 0.495 e. The third kappa shape index (κ3) is 2.78. The van der Waals surface area contributed by atoms with Crippen LogP contribution in [0.4, 0.5) is 0 Å². The number of hydrogen-bond donors (Lipinski definition) is 0. The predicted octanol–water partition coefficient (Wildman–Crippen LogP) is 1.78. The second-order valence-electron chi connectivity index (χ2n) is 6.03. The molecular weight excluding hydrogens is 271 g/mol. The third-order valence-electron chi connectivity index (χ3n) is 4.17. The number of ether oxygens (including phenoxy) is 2. The molecule has 1 aliphatic heterocycles. The highest BCUT2D eigenvalue weighted by Crippen LogP contribution is 2.37. The second kappa shape index (κ2) is 5.35. The fourth-order valence-corrected chi connectivity index (χ4v) is 2.13. The summed E-state index contributed by atoms with van der Waals surface area (Å²) in [7, 11) is 2.28. The summed E-state index contributed by atoms with van der Waals surface area (Å²) in [5, 5.41) is 0. The maximum absolute atomic E-state index is 11.9. The van der Waals surface area contributed by atoms with Crippen molar-refractivity contribution in [2.75, 3.05) is 14.2 Å². The SMILES string of the molecule is COC(=O)c1ccc(OC)cc1B1OC(C)(C)C(C)(C)O1. The molecule has 114 valence electrons.